The summed E-state index contributed by atoms with van der Waals surface area (Å²) in [5, 5.41) is 0. The van der Waals surface area contributed by atoms with Crippen LogP contribution in [0.5, 0.6) is 0 Å². The zero-order valence-corrected chi connectivity index (χ0v) is 9.50. The molecule has 1 aliphatic rings. The first-order valence-electron chi connectivity index (χ1n) is 5.15. The fourth-order valence-corrected chi connectivity index (χ4v) is 1.76. The van der Waals surface area contributed by atoms with Crippen molar-refractivity contribution >= 4 is 5.97 Å². The summed E-state index contributed by atoms with van der Waals surface area (Å²) < 4.78 is 10.4. The first-order chi connectivity index (χ1) is 6.40. The van der Waals surface area contributed by atoms with Gasteiger partial charge in [0.05, 0.1) is 18.8 Å². The Kier molecular flexibility index (Phi) is 3.53. The van der Waals surface area contributed by atoms with E-state index in [-0.39, 0.29) is 11.6 Å². The standard InChI is InChI=1S/C11H20O3/c1-11(2,3)14-9-5-8(6-9)7-10(12)13-4/h8-9H,5-7H2,1-4H3. The van der Waals surface area contributed by atoms with Gasteiger partial charge in [-0.05, 0) is 39.5 Å². The van der Waals surface area contributed by atoms with E-state index in [0.29, 0.717) is 18.4 Å². The topological polar surface area (TPSA) is 35.5 Å². The minimum Gasteiger partial charge on any atom is -0.469 e. The molecule has 1 rings (SSSR count). The quantitative estimate of drug-likeness (QED) is 0.655. The molecule has 0 amide bonds. The molecule has 0 unspecified atom stereocenters. The zero-order chi connectivity index (χ0) is 10.8. The largest absolute Gasteiger partial charge is 0.469 e. The molecule has 3 nitrogen and oxygen atoms in total. The fraction of sp³-hybridized carbons (Fsp3) is 0.909. The number of hydrogen-bond donors (Lipinski definition) is 0. The van der Waals surface area contributed by atoms with Crippen molar-refractivity contribution < 1.29 is 14.3 Å². The number of carbonyl (C=O) groups is 1. The average Bonchev–Trinajstić information content (AvgIpc) is 1.97. The highest BCUT2D eigenvalue weighted by Gasteiger charge is 2.34. The van der Waals surface area contributed by atoms with Crippen LogP contribution in [0.4, 0.5) is 0 Å². The van der Waals surface area contributed by atoms with Crippen molar-refractivity contribution in [2.24, 2.45) is 5.92 Å². The molecule has 0 N–H and O–H groups in total. The third-order valence-corrected chi connectivity index (χ3v) is 2.40. The van der Waals surface area contributed by atoms with E-state index in [4.69, 9.17) is 4.74 Å². The van der Waals surface area contributed by atoms with E-state index in [1.807, 2.05) is 0 Å². The summed E-state index contributed by atoms with van der Waals surface area (Å²) in [4.78, 5) is 10.9. The number of methoxy groups -OCH3 is 1. The predicted molar refractivity (Wildman–Crippen MR) is 54.0 cm³/mol. The smallest absolute Gasteiger partial charge is 0.305 e. The van der Waals surface area contributed by atoms with Crippen LogP contribution < -0.4 is 0 Å². The van der Waals surface area contributed by atoms with E-state index in [2.05, 4.69) is 25.5 Å². The molecule has 0 spiro atoms. The van der Waals surface area contributed by atoms with Crippen LogP contribution in [0, 0.1) is 5.92 Å². The van der Waals surface area contributed by atoms with E-state index in [1.165, 1.54) is 7.11 Å². The molecule has 14 heavy (non-hydrogen) atoms. The summed E-state index contributed by atoms with van der Waals surface area (Å²) in [6.07, 6.45) is 2.86. The molecule has 0 bridgehead atoms. The monoisotopic (exact) mass is 200 g/mol. The van der Waals surface area contributed by atoms with Crippen LogP contribution in [-0.2, 0) is 14.3 Å². The molecule has 0 heterocycles. The van der Waals surface area contributed by atoms with E-state index in [0.717, 1.165) is 12.8 Å². The maximum absolute atomic E-state index is 10.9. The third kappa shape index (κ3) is 3.66. The molecule has 0 aliphatic heterocycles. The van der Waals surface area contributed by atoms with Gasteiger partial charge in [-0.25, -0.2) is 0 Å². The molecular formula is C11H20O3. The molecule has 1 aliphatic carbocycles. The van der Waals surface area contributed by atoms with E-state index < -0.39 is 0 Å². The Labute approximate surface area is 85.8 Å². The lowest BCUT2D eigenvalue weighted by atomic mass is 9.80. The second-order valence-corrected chi connectivity index (χ2v) is 4.97. The van der Waals surface area contributed by atoms with Gasteiger partial charge in [-0.2, -0.15) is 0 Å². The second-order valence-electron chi connectivity index (χ2n) is 4.97. The van der Waals surface area contributed by atoms with Gasteiger partial charge in [0, 0.05) is 6.42 Å². The highest BCUT2D eigenvalue weighted by atomic mass is 16.5. The van der Waals surface area contributed by atoms with Gasteiger partial charge in [-0.1, -0.05) is 0 Å². The van der Waals surface area contributed by atoms with Gasteiger partial charge >= 0.3 is 5.97 Å². The van der Waals surface area contributed by atoms with Crippen LogP contribution in [0.15, 0.2) is 0 Å². The van der Waals surface area contributed by atoms with Crippen LogP contribution in [0.1, 0.15) is 40.0 Å². The van der Waals surface area contributed by atoms with Crippen molar-refractivity contribution in [1.29, 1.82) is 0 Å². The second kappa shape index (κ2) is 4.30. The molecule has 0 saturated heterocycles. The lowest BCUT2D eigenvalue weighted by Gasteiger charge is -2.38. The Hall–Kier alpha value is -0.570. The highest BCUT2D eigenvalue weighted by molar-refractivity contribution is 5.69. The molecule has 3 heteroatoms. The minimum atomic E-state index is -0.107. The van der Waals surface area contributed by atoms with Crippen molar-refractivity contribution in [1.82, 2.24) is 0 Å². The van der Waals surface area contributed by atoms with Crippen LogP contribution >= 0.6 is 0 Å². The van der Waals surface area contributed by atoms with Gasteiger partial charge in [0.25, 0.3) is 0 Å². The lowest BCUT2D eigenvalue weighted by Crippen LogP contribution is -2.38. The number of esters is 1. The van der Waals surface area contributed by atoms with E-state index in [1.54, 1.807) is 0 Å². The molecule has 82 valence electrons. The molecule has 1 saturated carbocycles. The fourth-order valence-electron chi connectivity index (χ4n) is 1.76. The number of ether oxygens (including phenoxy) is 2. The van der Waals surface area contributed by atoms with Gasteiger partial charge in [-0.15, -0.1) is 0 Å². The lowest BCUT2D eigenvalue weighted by molar-refractivity contribution is -0.147. The predicted octanol–water partition coefficient (Wildman–Crippen LogP) is 2.14. The normalized spacial score (nSPS) is 26.9. The van der Waals surface area contributed by atoms with Gasteiger partial charge in [0.2, 0.25) is 0 Å². The Morgan fingerprint density at radius 1 is 1.36 bits per heavy atom. The van der Waals surface area contributed by atoms with E-state index >= 15 is 0 Å². The van der Waals surface area contributed by atoms with Crippen LogP contribution in [0.3, 0.4) is 0 Å². The summed E-state index contributed by atoms with van der Waals surface area (Å²) in [5.41, 5.74) is -0.0685. The van der Waals surface area contributed by atoms with Crippen LogP contribution in [0.25, 0.3) is 0 Å². The molecule has 0 aromatic heterocycles. The summed E-state index contributed by atoms with van der Waals surface area (Å²) >= 11 is 0. The first-order valence-corrected chi connectivity index (χ1v) is 5.15. The molecular weight excluding hydrogens is 180 g/mol. The third-order valence-electron chi connectivity index (χ3n) is 2.40. The molecule has 0 atom stereocenters. The number of hydrogen-bond acceptors (Lipinski definition) is 3. The molecule has 0 aromatic carbocycles. The SMILES string of the molecule is COC(=O)CC1CC(OC(C)(C)C)C1. The molecule has 1 fully saturated rings. The van der Waals surface area contributed by atoms with E-state index in [9.17, 15) is 4.79 Å². The Morgan fingerprint density at radius 3 is 2.36 bits per heavy atom. The van der Waals surface area contributed by atoms with Gasteiger partial charge < -0.3 is 9.47 Å². The Bertz CT molecular complexity index is 199. The van der Waals surface area contributed by atoms with Crippen molar-refractivity contribution in [2.45, 2.75) is 51.7 Å². The minimum absolute atomic E-state index is 0.0685. The highest BCUT2D eigenvalue weighted by Crippen LogP contribution is 2.35. The van der Waals surface area contributed by atoms with Crippen LogP contribution in [0.2, 0.25) is 0 Å². The summed E-state index contributed by atoms with van der Waals surface area (Å²) in [5.74, 6) is 0.360. The van der Waals surface area contributed by atoms with Gasteiger partial charge in [0.15, 0.2) is 0 Å². The summed E-state index contributed by atoms with van der Waals surface area (Å²) in [6, 6.07) is 0. The van der Waals surface area contributed by atoms with Crippen molar-refractivity contribution in [2.75, 3.05) is 7.11 Å². The number of carbonyl (C=O) groups excluding carboxylic acids is 1. The zero-order valence-electron chi connectivity index (χ0n) is 9.50. The Balaban J connectivity index is 2.15. The summed E-state index contributed by atoms with van der Waals surface area (Å²) in [6.45, 7) is 6.17. The molecule has 0 radical (unpaired) electrons. The van der Waals surface area contributed by atoms with Crippen molar-refractivity contribution in [3.05, 3.63) is 0 Å². The maximum atomic E-state index is 10.9. The average molecular weight is 200 g/mol. The Morgan fingerprint density at radius 2 is 1.93 bits per heavy atom. The van der Waals surface area contributed by atoms with Gasteiger partial charge in [0.1, 0.15) is 0 Å². The van der Waals surface area contributed by atoms with Crippen molar-refractivity contribution in [3.8, 4) is 0 Å². The first kappa shape index (κ1) is 11.5. The number of rotatable bonds is 3. The van der Waals surface area contributed by atoms with Crippen LogP contribution in [-0.4, -0.2) is 24.8 Å². The molecule has 0 aromatic rings. The van der Waals surface area contributed by atoms with Crippen molar-refractivity contribution in [3.63, 3.8) is 0 Å². The summed E-state index contributed by atoms with van der Waals surface area (Å²) in [7, 11) is 1.43. The van der Waals surface area contributed by atoms with Gasteiger partial charge in [-0.3, -0.25) is 4.79 Å². The maximum Gasteiger partial charge on any atom is 0.305 e.